The van der Waals surface area contributed by atoms with Crippen LogP contribution in [0.4, 0.5) is 4.79 Å². The number of amides is 1. The minimum Gasteiger partial charge on any atom is -0.444 e. The molecule has 1 atom stereocenters. The fraction of sp³-hybridized carbons (Fsp3) is 0.290. The van der Waals surface area contributed by atoms with Crippen LogP contribution in [0.25, 0.3) is 39.4 Å². The van der Waals surface area contributed by atoms with Crippen molar-refractivity contribution in [3.8, 4) is 22.3 Å². The third-order valence-corrected chi connectivity index (χ3v) is 7.16. The first-order valence-electron chi connectivity index (χ1n) is 12.7. The predicted octanol–water partition coefficient (Wildman–Crippen LogP) is 7.24. The molecule has 1 N–H and O–H groups in total. The number of hydrogen-bond donors (Lipinski definition) is 1. The molecule has 1 aliphatic heterocycles. The van der Waals surface area contributed by atoms with E-state index in [1.165, 1.54) is 39.0 Å². The smallest absolute Gasteiger partial charge is 0.410 e. The highest BCUT2D eigenvalue weighted by molar-refractivity contribution is 5.82. The Labute approximate surface area is 211 Å². The number of nitrogens with zero attached hydrogens (tertiary/aromatic N) is 2. The van der Waals surface area contributed by atoms with Crippen LogP contribution >= 0.6 is 0 Å². The molecule has 1 aromatic heterocycles. The van der Waals surface area contributed by atoms with Crippen molar-refractivity contribution in [2.45, 2.75) is 51.7 Å². The fourth-order valence-corrected chi connectivity index (χ4v) is 5.42. The zero-order chi connectivity index (χ0) is 24.9. The van der Waals surface area contributed by atoms with Crippen LogP contribution in [0.3, 0.4) is 0 Å². The Hall–Kier alpha value is -3.86. The number of rotatable bonds is 3. The molecule has 1 saturated heterocycles. The van der Waals surface area contributed by atoms with Crippen molar-refractivity contribution in [2.24, 2.45) is 0 Å². The van der Waals surface area contributed by atoms with Crippen LogP contribution in [0, 0.1) is 0 Å². The van der Waals surface area contributed by atoms with Crippen molar-refractivity contribution in [3.63, 3.8) is 0 Å². The van der Waals surface area contributed by atoms with E-state index in [1.54, 1.807) is 6.33 Å². The van der Waals surface area contributed by atoms with E-state index in [0.717, 1.165) is 36.8 Å². The maximum atomic E-state index is 12.8. The molecule has 2 heterocycles. The van der Waals surface area contributed by atoms with Gasteiger partial charge in [-0.15, -0.1) is 0 Å². The number of fused-ring (bicyclic) bond motifs is 2. The van der Waals surface area contributed by atoms with Gasteiger partial charge in [-0.1, -0.05) is 48.5 Å². The molecule has 182 valence electrons. The first-order chi connectivity index (χ1) is 17.3. The van der Waals surface area contributed by atoms with Gasteiger partial charge >= 0.3 is 6.09 Å². The number of carbonyl (C=O) groups is 1. The molecule has 1 amide bonds. The Morgan fingerprint density at radius 1 is 0.972 bits per heavy atom. The van der Waals surface area contributed by atoms with Gasteiger partial charge in [-0.3, -0.25) is 0 Å². The quantitative estimate of drug-likeness (QED) is 0.338. The van der Waals surface area contributed by atoms with Crippen molar-refractivity contribution < 1.29 is 9.53 Å². The highest BCUT2D eigenvalue weighted by Crippen LogP contribution is 2.36. The van der Waals surface area contributed by atoms with Gasteiger partial charge in [-0.25, -0.2) is 9.78 Å². The van der Waals surface area contributed by atoms with Crippen molar-refractivity contribution in [1.82, 2.24) is 14.9 Å². The molecule has 2 aliphatic rings. The molecule has 1 aliphatic carbocycles. The molecule has 5 heteroatoms. The molecule has 6 rings (SSSR count). The average Bonchev–Trinajstić information content (AvgIpc) is 3.61. The largest absolute Gasteiger partial charge is 0.444 e. The number of imidazole rings is 1. The maximum absolute atomic E-state index is 12.8. The Morgan fingerprint density at radius 2 is 1.67 bits per heavy atom. The van der Waals surface area contributed by atoms with Gasteiger partial charge in [-0.05, 0) is 97.2 Å². The van der Waals surface area contributed by atoms with E-state index < -0.39 is 5.60 Å². The van der Waals surface area contributed by atoms with Crippen LogP contribution in [-0.2, 0) is 11.2 Å². The molecular formula is C31H31N3O2. The van der Waals surface area contributed by atoms with E-state index >= 15 is 0 Å². The number of H-pyrrole nitrogens is 1. The summed E-state index contributed by atoms with van der Waals surface area (Å²) in [5.74, 6) is 0. The minimum atomic E-state index is -0.479. The second-order valence-corrected chi connectivity index (χ2v) is 10.9. The molecule has 0 unspecified atom stereocenters. The third-order valence-electron chi connectivity index (χ3n) is 7.16. The molecule has 0 radical (unpaired) electrons. The van der Waals surface area contributed by atoms with E-state index in [4.69, 9.17) is 4.74 Å². The Bertz CT molecular complexity index is 1470. The lowest BCUT2D eigenvalue weighted by Crippen LogP contribution is -2.40. The summed E-state index contributed by atoms with van der Waals surface area (Å²) in [5, 5.41) is 0. The number of hydrogen-bond acceptors (Lipinski definition) is 3. The summed E-state index contributed by atoms with van der Waals surface area (Å²) in [5.41, 5.74) is 10.2. The lowest BCUT2D eigenvalue weighted by molar-refractivity contribution is 0.0248. The normalized spacial score (nSPS) is 17.4. The molecule has 0 spiro atoms. The number of ether oxygens (including phenoxy) is 1. The third kappa shape index (κ3) is 4.30. The zero-order valence-corrected chi connectivity index (χ0v) is 21.0. The second-order valence-electron chi connectivity index (χ2n) is 10.9. The summed E-state index contributed by atoms with van der Waals surface area (Å²) >= 11 is 0. The lowest BCUT2D eigenvalue weighted by Gasteiger charge is -2.29. The second kappa shape index (κ2) is 8.66. The van der Waals surface area contributed by atoms with Crippen molar-refractivity contribution in [1.29, 1.82) is 0 Å². The van der Waals surface area contributed by atoms with Crippen molar-refractivity contribution in [3.05, 3.63) is 83.7 Å². The fourth-order valence-electron chi connectivity index (χ4n) is 5.42. The number of aromatic amines is 1. The van der Waals surface area contributed by atoms with Gasteiger partial charge in [0.25, 0.3) is 0 Å². The Morgan fingerprint density at radius 3 is 2.42 bits per heavy atom. The zero-order valence-electron chi connectivity index (χ0n) is 21.0. The van der Waals surface area contributed by atoms with Gasteiger partial charge in [0.2, 0.25) is 0 Å². The van der Waals surface area contributed by atoms with Gasteiger partial charge in [0.1, 0.15) is 5.60 Å². The van der Waals surface area contributed by atoms with Crippen LogP contribution in [0.15, 0.2) is 72.6 Å². The highest BCUT2D eigenvalue weighted by Gasteiger charge is 2.35. The van der Waals surface area contributed by atoms with E-state index in [1.807, 2.05) is 31.7 Å². The number of benzene rings is 3. The van der Waals surface area contributed by atoms with Crippen LogP contribution in [-0.4, -0.2) is 39.1 Å². The summed E-state index contributed by atoms with van der Waals surface area (Å²) in [7, 11) is 0. The Kier molecular flexibility index (Phi) is 5.44. The van der Waals surface area contributed by atoms with Gasteiger partial charge in [0.15, 0.2) is 0 Å². The summed E-state index contributed by atoms with van der Waals surface area (Å²) in [6.07, 6.45) is 6.73. The van der Waals surface area contributed by atoms with E-state index in [-0.39, 0.29) is 12.1 Å². The minimum absolute atomic E-state index is 0.127. The Balaban J connectivity index is 1.22. The summed E-state index contributed by atoms with van der Waals surface area (Å²) < 4.78 is 5.68. The van der Waals surface area contributed by atoms with Gasteiger partial charge in [0, 0.05) is 6.54 Å². The van der Waals surface area contributed by atoms with Gasteiger partial charge < -0.3 is 14.6 Å². The topological polar surface area (TPSA) is 58.2 Å². The van der Waals surface area contributed by atoms with E-state index in [2.05, 4.69) is 70.6 Å². The summed E-state index contributed by atoms with van der Waals surface area (Å²) in [6.45, 7) is 6.53. The average molecular weight is 478 g/mol. The summed E-state index contributed by atoms with van der Waals surface area (Å²) in [6, 6.07) is 21.9. The molecule has 3 aromatic carbocycles. The van der Waals surface area contributed by atoms with Gasteiger partial charge in [0.05, 0.1) is 23.4 Å². The first-order valence-corrected chi connectivity index (χ1v) is 12.7. The number of carbonyl (C=O) groups excluding carboxylic acids is 1. The molecule has 1 fully saturated rings. The number of likely N-dealkylation sites (tertiary alicyclic amines) is 1. The molecule has 0 saturated carbocycles. The molecule has 0 bridgehead atoms. The molecule has 4 aromatic rings. The van der Waals surface area contributed by atoms with Crippen molar-refractivity contribution in [2.75, 3.05) is 6.54 Å². The molecule has 5 nitrogen and oxygen atoms in total. The number of aromatic nitrogens is 2. The highest BCUT2D eigenvalue weighted by atomic mass is 16.6. The van der Waals surface area contributed by atoms with Crippen molar-refractivity contribution >= 4 is 23.2 Å². The lowest BCUT2D eigenvalue weighted by atomic mass is 9.97. The van der Waals surface area contributed by atoms with E-state index in [0.29, 0.717) is 0 Å². The van der Waals surface area contributed by atoms with Crippen LogP contribution < -0.4 is 0 Å². The first kappa shape index (κ1) is 22.6. The van der Waals surface area contributed by atoms with Crippen LogP contribution in [0.5, 0.6) is 0 Å². The standard InChI is InChI=1S/C31H31N3O2/c1-31(2,3)36-30(35)34-14-4-5-29(34)26-16-23-11-10-22(15-25(23)17-26)20-6-8-21(9-7-20)24-12-13-27-28(18-24)33-19-32-27/h6-13,15,17-19,29H,4-5,14,16H2,1-3H3,(H,32,33)/t29-/m1/s1. The summed E-state index contributed by atoms with van der Waals surface area (Å²) in [4.78, 5) is 22.2. The number of nitrogens with one attached hydrogen (secondary N) is 1. The van der Waals surface area contributed by atoms with Crippen LogP contribution in [0.1, 0.15) is 44.7 Å². The van der Waals surface area contributed by atoms with Gasteiger partial charge in [-0.2, -0.15) is 0 Å². The SMILES string of the molecule is CC(C)(C)OC(=O)N1CCC[C@@H]1C1=Cc2cc(-c3ccc(-c4ccc5nc[nH]c5c4)cc3)ccc2C1. The van der Waals surface area contributed by atoms with Crippen LogP contribution in [0.2, 0.25) is 0 Å². The molecule has 36 heavy (non-hydrogen) atoms. The maximum Gasteiger partial charge on any atom is 0.410 e. The molecular weight excluding hydrogens is 446 g/mol. The predicted molar refractivity (Wildman–Crippen MR) is 145 cm³/mol. The monoisotopic (exact) mass is 477 g/mol. The van der Waals surface area contributed by atoms with E-state index in [9.17, 15) is 4.79 Å².